The lowest BCUT2D eigenvalue weighted by atomic mass is 10.1. The fraction of sp³-hybridized carbons (Fsp3) is 0.740. The topological polar surface area (TPSA) is 338 Å². The van der Waals surface area contributed by atoms with E-state index in [2.05, 4.69) is 26.6 Å². The number of phenolic OH excluding ortho intramolecular Hbond substituents is 1. The molecule has 1 rings (SSSR count). The third kappa shape index (κ3) is 39.8. The molecule has 0 aliphatic heterocycles. The molecule has 1 aromatic carbocycles. The molecule has 25 heteroatoms. The molecule has 25 nitrogen and oxygen atoms in total. The number of aliphatic carboxylic acids is 1. The Morgan fingerprint density at radius 2 is 0.933 bits per heavy atom. The monoisotopic (exact) mass is 1070 g/mol. The van der Waals surface area contributed by atoms with Crippen molar-refractivity contribution in [3.8, 4) is 5.75 Å². The minimum absolute atomic E-state index is 0.00534. The Balaban J connectivity index is 2.09. The molecule has 0 heterocycles. The number of hydrogen-bond donors (Lipinski definition) is 8. The first kappa shape index (κ1) is 67.8. The van der Waals surface area contributed by atoms with E-state index in [0.717, 1.165) is 0 Å². The van der Waals surface area contributed by atoms with E-state index < -0.39 is 65.1 Å². The van der Waals surface area contributed by atoms with Crippen molar-refractivity contribution < 1.29 is 91.1 Å². The largest absolute Gasteiger partial charge is 0.508 e. The number of amides is 5. The van der Waals surface area contributed by atoms with E-state index in [1.165, 1.54) is 12.1 Å². The highest BCUT2D eigenvalue weighted by Gasteiger charge is 2.25. The summed E-state index contributed by atoms with van der Waals surface area (Å²) in [5.41, 5.74) is 5.17. The minimum Gasteiger partial charge on any atom is -0.508 e. The average Bonchev–Trinajstić information content (AvgIpc) is 3.33. The summed E-state index contributed by atoms with van der Waals surface area (Å²) in [6.45, 7) is 15.4. The zero-order valence-corrected chi connectivity index (χ0v) is 44.8. The van der Waals surface area contributed by atoms with E-state index in [4.69, 9.17) is 53.1 Å². The second-order valence-electron chi connectivity index (χ2n) is 18.7. The van der Waals surface area contributed by atoms with Gasteiger partial charge in [0.1, 0.15) is 29.0 Å². The van der Waals surface area contributed by atoms with Crippen LogP contribution in [0, 0.1) is 0 Å². The second kappa shape index (κ2) is 41.0. The van der Waals surface area contributed by atoms with E-state index >= 15 is 0 Å². The fourth-order valence-electron chi connectivity index (χ4n) is 6.08. The molecule has 0 saturated carbocycles. The van der Waals surface area contributed by atoms with E-state index in [1.807, 2.05) is 0 Å². The number of carboxylic acid groups (broad SMARTS) is 1. The Bertz CT molecular complexity index is 1760. The maximum absolute atomic E-state index is 13.1. The Morgan fingerprint density at radius 3 is 1.39 bits per heavy atom. The molecule has 1 aromatic rings. The summed E-state index contributed by atoms with van der Waals surface area (Å²) < 4.78 is 54.2. The van der Waals surface area contributed by atoms with Crippen LogP contribution in [0.5, 0.6) is 5.75 Å². The molecule has 0 aromatic heterocycles. The van der Waals surface area contributed by atoms with Crippen LogP contribution in [0.3, 0.4) is 0 Å². The smallest absolute Gasteiger partial charge is 0.407 e. The number of rotatable bonds is 44. The number of carbonyl (C=O) groups excluding carboxylic acids is 6. The molecule has 0 radical (unpaired) electrons. The quantitative estimate of drug-likeness (QED) is 0.0338. The third-order valence-electron chi connectivity index (χ3n) is 9.70. The van der Waals surface area contributed by atoms with Crippen molar-refractivity contribution in [2.45, 2.75) is 116 Å². The predicted octanol–water partition coefficient (Wildman–Crippen LogP) is 1.41. The van der Waals surface area contributed by atoms with Crippen LogP contribution in [0.25, 0.3) is 0 Å². The first-order valence-corrected chi connectivity index (χ1v) is 25.4. The summed E-state index contributed by atoms with van der Waals surface area (Å²) in [6, 6.07) is 3.01. The zero-order valence-electron chi connectivity index (χ0n) is 44.8. The summed E-state index contributed by atoms with van der Waals surface area (Å²) in [5.74, 6) is -3.47. The van der Waals surface area contributed by atoms with Gasteiger partial charge in [-0.3, -0.25) is 24.0 Å². The van der Waals surface area contributed by atoms with Gasteiger partial charge in [0, 0.05) is 38.9 Å². The molecule has 0 saturated heterocycles. The highest BCUT2D eigenvalue weighted by molar-refractivity contribution is 5.88. The molecular formula is C50H86N6O19. The van der Waals surface area contributed by atoms with Gasteiger partial charge in [0.15, 0.2) is 0 Å². The number of nitrogens with two attached hydrogens (primary N) is 1. The van der Waals surface area contributed by atoms with Crippen molar-refractivity contribution in [2.24, 2.45) is 5.73 Å². The van der Waals surface area contributed by atoms with Crippen LogP contribution in [-0.4, -0.2) is 201 Å². The number of esters is 1. The van der Waals surface area contributed by atoms with Crippen LogP contribution in [0.15, 0.2) is 24.3 Å². The van der Waals surface area contributed by atoms with Gasteiger partial charge in [-0.1, -0.05) is 12.1 Å². The molecule has 0 aliphatic rings. The van der Waals surface area contributed by atoms with Crippen LogP contribution in [0.4, 0.5) is 4.79 Å². The van der Waals surface area contributed by atoms with Crippen LogP contribution in [0.1, 0.15) is 98.1 Å². The van der Waals surface area contributed by atoms with Crippen LogP contribution in [0.2, 0.25) is 0 Å². The van der Waals surface area contributed by atoms with Gasteiger partial charge >= 0.3 is 18.0 Å². The molecule has 430 valence electrons. The number of hydrogen-bond acceptors (Lipinski definition) is 19. The molecule has 0 aliphatic carbocycles. The van der Waals surface area contributed by atoms with Gasteiger partial charge in [0.2, 0.25) is 23.6 Å². The van der Waals surface area contributed by atoms with Crippen LogP contribution >= 0.6 is 0 Å². The van der Waals surface area contributed by atoms with Gasteiger partial charge in [-0.15, -0.1) is 0 Å². The number of carbonyl (C=O) groups is 7. The second-order valence-corrected chi connectivity index (χ2v) is 18.7. The molecule has 75 heavy (non-hydrogen) atoms. The molecule has 5 amide bonds. The Labute approximate surface area is 440 Å². The number of nitrogens with one attached hydrogen (secondary N) is 5. The molecule has 0 bridgehead atoms. The number of benzene rings is 1. The molecular weight excluding hydrogens is 989 g/mol. The average molecular weight is 1080 g/mol. The summed E-state index contributed by atoms with van der Waals surface area (Å²) in [6.07, 6.45) is 1.02. The van der Waals surface area contributed by atoms with Gasteiger partial charge in [0.25, 0.3) is 0 Å². The summed E-state index contributed by atoms with van der Waals surface area (Å²) in [5, 5.41) is 32.4. The van der Waals surface area contributed by atoms with Gasteiger partial charge in [-0.2, -0.15) is 0 Å². The van der Waals surface area contributed by atoms with Gasteiger partial charge in [-0.25, -0.2) is 9.59 Å². The first-order valence-electron chi connectivity index (χ1n) is 25.4. The van der Waals surface area contributed by atoms with E-state index in [0.29, 0.717) is 70.9 Å². The fourth-order valence-corrected chi connectivity index (χ4v) is 6.08. The molecule has 3 unspecified atom stereocenters. The van der Waals surface area contributed by atoms with Crippen molar-refractivity contribution in [3.05, 3.63) is 29.8 Å². The Hall–Kier alpha value is -5.25. The number of ether oxygens (including phenoxy) is 10. The molecule has 3 atom stereocenters. The van der Waals surface area contributed by atoms with Gasteiger partial charge in [0.05, 0.1) is 112 Å². The van der Waals surface area contributed by atoms with Crippen molar-refractivity contribution in [2.75, 3.05) is 125 Å². The number of carboxylic acids is 1. The standard InChI is InChI=1S/C50H86N6O19/c1-49(2,3)74-43(60)15-14-40(47(63)64)55-41(58)16-21-66-25-29-70-33-36-73-32-28-69-24-20-53-46(62)44(37-10-12-38(57)13-11-37)56-42(59)17-22-67-26-30-71-34-35-72-31-27-68-23-19-52-45(61)39(51)9-7-8-18-54-48(65)75-50(4,5)6/h10-13,39-40,44,57H,7-9,14-36,51H2,1-6H3,(H,52,61)(H,53,62)(H,54,65)(H,55,58)(H,56,59)(H,63,64). The van der Waals surface area contributed by atoms with Crippen molar-refractivity contribution in [1.29, 1.82) is 0 Å². The number of aromatic hydroxyl groups is 1. The zero-order chi connectivity index (χ0) is 55.7. The SMILES string of the molecule is CC(C)(C)OC(=O)CCC(NC(=O)CCOCCOCCOCCOCCNC(=O)C(NC(=O)CCOCCOCCOCCOCCNC(=O)C(N)CCCCNC(=O)OC(C)(C)C)c1ccc(O)cc1)C(=O)O. The Kier molecular flexibility index (Phi) is 37.0. The highest BCUT2D eigenvalue weighted by Crippen LogP contribution is 2.18. The lowest BCUT2D eigenvalue weighted by Crippen LogP contribution is -2.42. The van der Waals surface area contributed by atoms with Crippen LogP contribution in [-0.2, 0) is 76.1 Å². The van der Waals surface area contributed by atoms with E-state index in [1.54, 1.807) is 53.7 Å². The first-order chi connectivity index (χ1) is 35.7. The maximum Gasteiger partial charge on any atom is 0.407 e. The molecule has 0 fully saturated rings. The van der Waals surface area contributed by atoms with Gasteiger partial charge in [-0.05, 0) is 84.9 Å². The number of phenols is 1. The van der Waals surface area contributed by atoms with Gasteiger partial charge < -0.3 is 89.9 Å². The number of unbranched alkanes of at least 4 members (excludes halogenated alkanes) is 1. The Morgan fingerprint density at radius 1 is 0.507 bits per heavy atom. The van der Waals surface area contributed by atoms with Crippen molar-refractivity contribution >= 4 is 41.7 Å². The number of alkyl carbamates (subject to hydrolysis) is 1. The third-order valence-corrected chi connectivity index (χ3v) is 9.70. The lowest BCUT2D eigenvalue weighted by Gasteiger charge is -2.20. The summed E-state index contributed by atoms with van der Waals surface area (Å²) in [4.78, 5) is 85.3. The summed E-state index contributed by atoms with van der Waals surface area (Å²) >= 11 is 0. The predicted molar refractivity (Wildman–Crippen MR) is 272 cm³/mol. The summed E-state index contributed by atoms with van der Waals surface area (Å²) in [7, 11) is 0. The minimum atomic E-state index is -1.25. The normalized spacial score (nSPS) is 12.7. The van der Waals surface area contributed by atoms with Crippen LogP contribution < -0.4 is 32.3 Å². The van der Waals surface area contributed by atoms with Crippen molar-refractivity contribution in [1.82, 2.24) is 26.6 Å². The van der Waals surface area contributed by atoms with Crippen molar-refractivity contribution in [3.63, 3.8) is 0 Å². The highest BCUT2D eigenvalue weighted by atomic mass is 16.6. The molecule has 0 spiro atoms. The maximum atomic E-state index is 13.1. The molecule has 9 N–H and O–H groups in total. The van der Waals surface area contributed by atoms with E-state index in [9.17, 15) is 43.8 Å². The van der Waals surface area contributed by atoms with E-state index in [-0.39, 0.29) is 117 Å². The lowest BCUT2D eigenvalue weighted by molar-refractivity contribution is -0.155.